The summed E-state index contributed by atoms with van der Waals surface area (Å²) >= 11 is 0. The molecule has 0 saturated heterocycles. The van der Waals surface area contributed by atoms with Gasteiger partial charge in [-0.1, -0.05) is 29.8 Å². The Morgan fingerprint density at radius 2 is 1.90 bits per heavy atom. The Balaban J connectivity index is 2.59. The summed E-state index contributed by atoms with van der Waals surface area (Å²) in [5, 5.41) is 18.7. The molecule has 0 radical (unpaired) electrons. The Hall–Kier alpha value is -2.79. The molecular formula is C15H14N4O. The van der Waals surface area contributed by atoms with E-state index in [0.29, 0.717) is 5.57 Å². The maximum absolute atomic E-state index is 9.39. The Morgan fingerprint density at radius 1 is 1.25 bits per heavy atom. The van der Waals surface area contributed by atoms with Crippen molar-refractivity contribution in [3.63, 3.8) is 0 Å². The second-order valence-electron chi connectivity index (χ2n) is 4.56. The van der Waals surface area contributed by atoms with E-state index < -0.39 is 11.8 Å². The van der Waals surface area contributed by atoms with Crippen molar-refractivity contribution in [2.75, 3.05) is 7.11 Å². The van der Waals surface area contributed by atoms with Crippen LogP contribution >= 0.6 is 0 Å². The lowest BCUT2D eigenvalue weighted by atomic mass is 9.79. The maximum Gasteiger partial charge on any atom is 0.208 e. The zero-order chi connectivity index (χ0) is 14.7. The van der Waals surface area contributed by atoms with Crippen LogP contribution in [0, 0.1) is 35.5 Å². The van der Waals surface area contributed by atoms with Crippen LogP contribution in [0.3, 0.4) is 0 Å². The molecule has 1 aliphatic rings. The Kier molecular flexibility index (Phi) is 3.72. The number of nitrogens with two attached hydrogens (primary N) is 1. The minimum Gasteiger partial charge on any atom is -0.483 e. The molecule has 2 N–H and O–H groups in total. The third-order valence-electron chi connectivity index (χ3n) is 3.32. The number of nitrogens with zero attached hydrogens (tertiary/aromatic N) is 3. The number of ether oxygens (including phenoxy) is 1. The molecule has 1 aromatic rings. The van der Waals surface area contributed by atoms with Crippen LogP contribution < -0.4 is 5.73 Å². The Morgan fingerprint density at radius 3 is 2.40 bits per heavy atom. The molecule has 100 valence electrons. The first kappa shape index (κ1) is 13.6. The van der Waals surface area contributed by atoms with Crippen molar-refractivity contribution in [1.82, 2.24) is 0 Å². The van der Waals surface area contributed by atoms with Crippen molar-refractivity contribution in [1.29, 1.82) is 10.5 Å². The number of nitriles is 2. The van der Waals surface area contributed by atoms with Crippen LogP contribution in [0.25, 0.3) is 0 Å². The van der Waals surface area contributed by atoms with E-state index in [1.54, 1.807) is 0 Å². The average Bonchev–Trinajstić information content (AvgIpc) is 2.46. The van der Waals surface area contributed by atoms with Gasteiger partial charge in [-0.25, -0.2) is 0 Å². The second kappa shape index (κ2) is 5.46. The van der Waals surface area contributed by atoms with Gasteiger partial charge in [0.1, 0.15) is 11.7 Å². The van der Waals surface area contributed by atoms with Crippen LogP contribution in [-0.4, -0.2) is 13.0 Å². The van der Waals surface area contributed by atoms with Crippen LogP contribution in [0.15, 0.2) is 40.7 Å². The van der Waals surface area contributed by atoms with Gasteiger partial charge in [0.25, 0.3) is 0 Å². The normalized spacial score (nSPS) is 21.7. The molecule has 0 amide bonds. The summed E-state index contributed by atoms with van der Waals surface area (Å²) in [4.78, 5) is 4.01. The highest BCUT2D eigenvalue weighted by atomic mass is 16.5. The van der Waals surface area contributed by atoms with E-state index in [1.165, 1.54) is 7.11 Å². The molecule has 0 spiro atoms. The SMILES string of the molecule is COC1=NC(N)=C(C#N)C(c2ccc(C)cc2)C1C#N. The lowest BCUT2D eigenvalue weighted by Gasteiger charge is -2.26. The monoisotopic (exact) mass is 266 g/mol. The third-order valence-corrected chi connectivity index (χ3v) is 3.32. The van der Waals surface area contributed by atoms with Gasteiger partial charge in [0, 0.05) is 5.92 Å². The summed E-state index contributed by atoms with van der Waals surface area (Å²) in [7, 11) is 1.44. The van der Waals surface area contributed by atoms with Crippen LogP contribution in [0.1, 0.15) is 17.0 Å². The highest BCUT2D eigenvalue weighted by molar-refractivity contribution is 5.85. The van der Waals surface area contributed by atoms with Crippen molar-refractivity contribution in [2.24, 2.45) is 16.6 Å². The molecule has 2 unspecified atom stereocenters. The van der Waals surface area contributed by atoms with Gasteiger partial charge in [0.2, 0.25) is 5.90 Å². The van der Waals surface area contributed by atoms with Gasteiger partial charge in [-0.3, -0.25) is 0 Å². The summed E-state index contributed by atoms with van der Waals surface area (Å²) in [6.07, 6.45) is 0. The number of benzene rings is 1. The number of hydrogen-bond acceptors (Lipinski definition) is 5. The Bertz CT molecular complexity index is 659. The van der Waals surface area contributed by atoms with Crippen molar-refractivity contribution in [3.05, 3.63) is 46.8 Å². The molecule has 1 aliphatic heterocycles. The fraction of sp³-hybridized carbons (Fsp3) is 0.267. The second-order valence-corrected chi connectivity index (χ2v) is 4.56. The molecule has 5 heteroatoms. The van der Waals surface area contributed by atoms with Crippen molar-refractivity contribution in [2.45, 2.75) is 12.8 Å². The number of aryl methyl sites for hydroxylation is 1. The predicted molar refractivity (Wildman–Crippen MR) is 74.3 cm³/mol. The van der Waals surface area contributed by atoms with E-state index in [1.807, 2.05) is 31.2 Å². The number of aliphatic imine (C=N–C) groups is 1. The fourth-order valence-corrected chi connectivity index (χ4v) is 2.28. The first-order valence-corrected chi connectivity index (χ1v) is 6.10. The maximum atomic E-state index is 9.39. The quantitative estimate of drug-likeness (QED) is 0.840. The molecule has 0 aromatic heterocycles. The van der Waals surface area contributed by atoms with E-state index in [9.17, 15) is 10.5 Å². The number of allylic oxidation sites excluding steroid dienone is 1. The lowest BCUT2D eigenvalue weighted by molar-refractivity contribution is 0.368. The van der Waals surface area contributed by atoms with Crippen LogP contribution in [0.2, 0.25) is 0 Å². The van der Waals surface area contributed by atoms with Crippen LogP contribution in [0.5, 0.6) is 0 Å². The van der Waals surface area contributed by atoms with Crippen molar-refractivity contribution >= 4 is 5.90 Å². The summed E-state index contributed by atoms with van der Waals surface area (Å²) in [6.45, 7) is 1.98. The molecule has 2 atom stereocenters. The molecule has 1 aromatic carbocycles. The van der Waals surface area contributed by atoms with Gasteiger partial charge < -0.3 is 10.5 Å². The largest absolute Gasteiger partial charge is 0.483 e. The summed E-state index contributed by atoms with van der Waals surface area (Å²) in [6, 6.07) is 11.9. The predicted octanol–water partition coefficient (Wildman–Crippen LogP) is 1.97. The summed E-state index contributed by atoms with van der Waals surface area (Å²) < 4.78 is 5.14. The van der Waals surface area contributed by atoms with Gasteiger partial charge in [-0.05, 0) is 12.5 Å². The minimum atomic E-state index is -0.648. The minimum absolute atomic E-state index is 0.112. The molecule has 0 bridgehead atoms. The van der Waals surface area contributed by atoms with E-state index >= 15 is 0 Å². The van der Waals surface area contributed by atoms with Gasteiger partial charge >= 0.3 is 0 Å². The zero-order valence-electron chi connectivity index (χ0n) is 11.3. The van der Waals surface area contributed by atoms with Gasteiger partial charge in [-0.15, -0.1) is 0 Å². The molecule has 1 heterocycles. The molecular weight excluding hydrogens is 252 g/mol. The molecule has 20 heavy (non-hydrogen) atoms. The average molecular weight is 266 g/mol. The standard InChI is InChI=1S/C15H14N4O/c1-9-3-5-10(6-4-9)13-11(7-16)14(18)19-15(20-2)12(13)8-17/h3-6,12-13H,18H2,1-2H3. The number of rotatable bonds is 1. The van der Waals surface area contributed by atoms with Crippen molar-refractivity contribution < 1.29 is 4.74 Å². The van der Waals surface area contributed by atoms with Crippen LogP contribution in [0.4, 0.5) is 0 Å². The third kappa shape index (κ3) is 2.22. The first-order chi connectivity index (χ1) is 9.62. The highest BCUT2D eigenvalue weighted by Gasteiger charge is 2.37. The topological polar surface area (TPSA) is 95.2 Å². The molecule has 2 rings (SSSR count). The van der Waals surface area contributed by atoms with Gasteiger partial charge in [-0.2, -0.15) is 15.5 Å². The fourth-order valence-electron chi connectivity index (χ4n) is 2.28. The molecule has 0 aliphatic carbocycles. The lowest BCUT2D eigenvalue weighted by Crippen LogP contribution is -2.29. The van der Waals surface area contributed by atoms with E-state index in [2.05, 4.69) is 17.1 Å². The number of methoxy groups -OCH3 is 1. The van der Waals surface area contributed by atoms with E-state index in [4.69, 9.17) is 10.5 Å². The molecule has 0 saturated carbocycles. The van der Waals surface area contributed by atoms with Crippen LogP contribution in [-0.2, 0) is 4.74 Å². The Labute approximate surface area is 117 Å². The number of hydrogen-bond donors (Lipinski definition) is 1. The van der Waals surface area contributed by atoms with E-state index in [-0.39, 0.29) is 11.7 Å². The zero-order valence-corrected chi connectivity index (χ0v) is 11.3. The summed E-state index contributed by atoms with van der Waals surface area (Å²) in [5.41, 5.74) is 8.08. The van der Waals surface area contributed by atoms with E-state index in [0.717, 1.165) is 11.1 Å². The highest BCUT2D eigenvalue weighted by Crippen LogP contribution is 2.37. The summed E-state index contributed by atoms with van der Waals surface area (Å²) in [5.74, 6) is -0.737. The first-order valence-electron chi connectivity index (χ1n) is 6.10. The molecule has 0 fully saturated rings. The van der Waals surface area contributed by atoms with Gasteiger partial charge in [0.15, 0.2) is 0 Å². The van der Waals surface area contributed by atoms with Gasteiger partial charge in [0.05, 0.1) is 24.8 Å². The molecule has 5 nitrogen and oxygen atoms in total. The van der Waals surface area contributed by atoms with Crippen molar-refractivity contribution in [3.8, 4) is 12.1 Å². The smallest absolute Gasteiger partial charge is 0.208 e.